The van der Waals surface area contributed by atoms with Crippen LogP contribution in [0.4, 0.5) is 15.0 Å². The van der Waals surface area contributed by atoms with Crippen molar-refractivity contribution >= 4 is 23.7 Å². The molecule has 37 heavy (non-hydrogen) atoms. The van der Waals surface area contributed by atoms with Crippen molar-refractivity contribution in [2.24, 2.45) is 0 Å². The summed E-state index contributed by atoms with van der Waals surface area (Å²) in [6.07, 6.45) is -5.13. The number of ether oxygens (including phenoxy) is 2. The molecule has 0 radical (unpaired) electrons. The molecule has 0 aliphatic carbocycles. The second kappa shape index (κ2) is 12.9. The van der Waals surface area contributed by atoms with Crippen LogP contribution >= 0.6 is 0 Å². The highest BCUT2D eigenvalue weighted by Crippen LogP contribution is 2.28. The molecule has 208 valence electrons. The molecule has 0 bridgehead atoms. The van der Waals surface area contributed by atoms with E-state index in [9.17, 15) is 38.9 Å². The molecule has 6 N–H and O–H groups in total. The molecule has 0 saturated carbocycles. The Hall–Kier alpha value is -3.14. The molecule has 2 unspecified atom stereocenters. The van der Waals surface area contributed by atoms with E-state index in [2.05, 4.69) is 20.9 Å². The van der Waals surface area contributed by atoms with Gasteiger partial charge in [-0.3, -0.25) is 14.2 Å². The molecule has 1 aromatic rings. The second-order valence-corrected chi connectivity index (χ2v) is 9.52. The zero-order chi connectivity index (χ0) is 27.9. The van der Waals surface area contributed by atoms with Crippen LogP contribution in [0.5, 0.6) is 0 Å². The maximum Gasteiger partial charge on any atom is 0.408 e. The lowest BCUT2D eigenvalue weighted by molar-refractivity contribution is -0.119. The highest BCUT2D eigenvalue weighted by molar-refractivity contribution is 5.95. The predicted molar refractivity (Wildman–Crippen MR) is 126 cm³/mol. The number of aliphatic hydroxyl groups is 3. The van der Waals surface area contributed by atoms with Crippen LogP contribution in [0.1, 0.15) is 53.2 Å². The monoisotopic (exact) mass is 531 g/mol. The Balaban J connectivity index is 2.16. The first-order valence-corrected chi connectivity index (χ1v) is 11.7. The smallest absolute Gasteiger partial charge is 0.408 e. The number of rotatable bonds is 10. The fraction of sp³-hybridized carbons (Fsp3) is 0.682. The Kier molecular flexibility index (Phi) is 10.5. The van der Waals surface area contributed by atoms with Gasteiger partial charge in [0, 0.05) is 13.5 Å². The number of nitrogens with zero attached hydrogens (tertiary/aromatic N) is 2. The van der Waals surface area contributed by atoms with E-state index in [0.29, 0.717) is 30.2 Å². The molecule has 1 aliphatic heterocycles. The van der Waals surface area contributed by atoms with Gasteiger partial charge in [-0.2, -0.15) is 4.98 Å². The van der Waals surface area contributed by atoms with Gasteiger partial charge in [-0.1, -0.05) is 0 Å². The highest BCUT2D eigenvalue weighted by atomic mass is 19.1. The number of halogens is 1. The minimum Gasteiger partial charge on any atom is -0.444 e. The summed E-state index contributed by atoms with van der Waals surface area (Å²) in [5.74, 6) is -2.98. The lowest BCUT2D eigenvalue weighted by atomic mass is 10.1. The topological polar surface area (TPSA) is 201 Å². The maximum atomic E-state index is 14.8. The van der Waals surface area contributed by atoms with Crippen LogP contribution in [-0.2, 0) is 19.1 Å². The molecule has 1 saturated heterocycles. The van der Waals surface area contributed by atoms with Gasteiger partial charge >= 0.3 is 11.8 Å². The standard InChI is InChI=1S/C22H34FN5O9/c1-11(30)24-8-6-5-7-13(25-21(35)37-22(2,3)4)18(33)26-17-12(23)9-28(20(34)27-17)19-16(32)15(31)14(10-29)36-19/h9,13-16,19,29,31-32H,5-8,10H2,1-4H3,(H,24,30)(H,25,35)(H,26,27,33,34)/t13?,14-,15?,16+,19-/m1/s1. The lowest BCUT2D eigenvalue weighted by Crippen LogP contribution is -2.46. The van der Waals surface area contributed by atoms with E-state index < -0.39 is 72.1 Å². The number of anilines is 1. The highest BCUT2D eigenvalue weighted by Gasteiger charge is 2.44. The van der Waals surface area contributed by atoms with E-state index in [1.807, 2.05) is 0 Å². The largest absolute Gasteiger partial charge is 0.444 e. The van der Waals surface area contributed by atoms with Crippen molar-refractivity contribution in [3.8, 4) is 0 Å². The molecule has 3 amide bonds. The van der Waals surface area contributed by atoms with Crippen LogP contribution in [0.25, 0.3) is 0 Å². The predicted octanol–water partition coefficient (Wildman–Crippen LogP) is -0.868. The first-order chi connectivity index (χ1) is 17.2. The Morgan fingerprint density at radius 1 is 1.24 bits per heavy atom. The minimum absolute atomic E-state index is 0.103. The molecule has 2 rings (SSSR count). The van der Waals surface area contributed by atoms with Gasteiger partial charge in [0.2, 0.25) is 11.8 Å². The summed E-state index contributed by atoms with van der Waals surface area (Å²) in [4.78, 5) is 52.1. The number of carbonyl (C=O) groups excluding carboxylic acids is 3. The molecule has 14 nitrogen and oxygen atoms in total. The number of carbonyl (C=O) groups is 3. The van der Waals surface area contributed by atoms with Crippen LogP contribution in [0.3, 0.4) is 0 Å². The fourth-order valence-corrected chi connectivity index (χ4v) is 3.49. The molecule has 1 aliphatic rings. The number of hydrogen-bond acceptors (Lipinski definition) is 10. The van der Waals surface area contributed by atoms with Gasteiger partial charge < -0.3 is 40.7 Å². The quantitative estimate of drug-likeness (QED) is 0.206. The van der Waals surface area contributed by atoms with Crippen LogP contribution in [-0.4, -0.2) is 85.9 Å². The Morgan fingerprint density at radius 2 is 1.92 bits per heavy atom. The van der Waals surface area contributed by atoms with E-state index in [0.717, 1.165) is 0 Å². The average molecular weight is 532 g/mol. The number of amides is 3. The Bertz CT molecular complexity index is 1030. The van der Waals surface area contributed by atoms with E-state index >= 15 is 0 Å². The minimum atomic E-state index is -1.64. The fourth-order valence-electron chi connectivity index (χ4n) is 3.49. The summed E-state index contributed by atoms with van der Waals surface area (Å²) in [6.45, 7) is 5.97. The van der Waals surface area contributed by atoms with Crippen LogP contribution < -0.4 is 21.6 Å². The van der Waals surface area contributed by atoms with Crippen LogP contribution in [0.15, 0.2) is 11.0 Å². The van der Waals surface area contributed by atoms with Crippen molar-refractivity contribution in [2.45, 2.75) is 83.1 Å². The molecule has 0 spiro atoms. The number of unbranched alkanes of at least 4 members (excludes halogenated alkanes) is 1. The van der Waals surface area contributed by atoms with Crippen molar-refractivity contribution < 1.29 is 43.6 Å². The van der Waals surface area contributed by atoms with Gasteiger partial charge in [-0.05, 0) is 40.0 Å². The normalized spacial score (nSPS) is 22.3. The summed E-state index contributed by atoms with van der Waals surface area (Å²) in [7, 11) is 0. The van der Waals surface area contributed by atoms with Gasteiger partial charge in [0.1, 0.15) is 30.0 Å². The zero-order valence-corrected chi connectivity index (χ0v) is 21.1. The molecule has 15 heteroatoms. The van der Waals surface area contributed by atoms with Crippen molar-refractivity contribution in [1.82, 2.24) is 20.2 Å². The number of nitrogens with one attached hydrogen (secondary N) is 3. The van der Waals surface area contributed by atoms with Crippen molar-refractivity contribution in [2.75, 3.05) is 18.5 Å². The van der Waals surface area contributed by atoms with Gasteiger partial charge in [-0.25, -0.2) is 14.0 Å². The Morgan fingerprint density at radius 3 is 2.49 bits per heavy atom. The zero-order valence-electron chi connectivity index (χ0n) is 21.1. The third kappa shape index (κ3) is 8.73. The molecule has 5 atom stereocenters. The number of aliphatic hydroxyl groups excluding tert-OH is 3. The Labute approximate surface area is 212 Å². The SMILES string of the molecule is CC(=O)NCCCCC(NC(=O)OC(C)(C)C)C(=O)Nc1nc(=O)n([C@@H]2O[C@H](CO)C(O)[C@@H]2O)cc1F. The number of aromatic nitrogens is 2. The van der Waals surface area contributed by atoms with E-state index in [-0.39, 0.29) is 12.3 Å². The van der Waals surface area contributed by atoms with Gasteiger partial charge in [0.15, 0.2) is 17.9 Å². The maximum absolute atomic E-state index is 14.8. The van der Waals surface area contributed by atoms with E-state index in [4.69, 9.17) is 9.47 Å². The van der Waals surface area contributed by atoms with Crippen LogP contribution in [0, 0.1) is 5.82 Å². The number of hydrogen-bond donors (Lipinski definition) is 6. The van der Waals surface area contributed by atoms with Gasteiger partial charge in [0.05, 0.1) is 12.8 Å². The molecule has 0 aromatic carbocycles. The molecular formula is C22H34FN5O9. The summed E-state index contributed by atoms with van der Waals surface area (Å²) in [6, 6.07) is -1.18. The van der Waals surface area contributed by atoms with Crippen molar-refractivity contribution in [3.05, 3.63) is 22.5 Å². The second-order valence-electron chi connectivity index (χ2n) is 9.52. The molecular weight excluding hydrogens is 497 g/mol. The van der Waals surface area contributed by atoms with E-state index in [1.54, 1.807) is 20.8 Å². The third-order valence-corrected chi connectivity index (χ3v) is 5.24. The summed E-state index contributed by atoms with van der Waals surface area (Å²) in [5, 5.41) is 36.3. The molecule has 1 aromatic heterocycles. The average Bonchev–Trinajstić information content (AvgIpc) is 3.07. The molecule has 2 heterocycles. The first-order valence-electron chi connectivity index (χ1n) is 11.7. The summed E-state index contributed by atoms with van der Waals surface area (Å²) in [5.41, 5.74) is -1.96. The summed E-state index contributed by atoms with van der Waals surface area (Å²) < 4.78 is 25.8. The summed E-state index contributed by atoms with van der Waals surface area (Å²) >= 11 is 0. The third-order valence-electron chi connectivity index (χ3n) is 5.24. The van der Waals surface area contributed by atoms with Gasteiger partial charge in [0.25, 0.3) is 0 Å². The number of alkyl carbamates (subject to hydrolysis) is 1. The lowest BCUT2D eigenvalue weighted by Gasteiger charge is -2.23. The van der Waals surface area contributed by atoms with Crippen molar-refractivity contribution in [3.63, 3.8) is 0 Å². The van der Waals surface area contributed by atoms with E-state index in [1.165, 1.54) is 6.92 Å². The van der Waals surface area contributed by atoms with Crippen LogP contribution in [0.2, 0.25) is 0 Å². The van der Waals surface area contributed by atoms with Crippen molar-refractivity contribution in [1.29, 1.82) is 0 Å². The molecule has 1 fully saturated rings. The van der Waals surface area contributed by atoms with Gasteiger partial charge in [-0.15, -0.1) is 0 Å². The first kappa shape index (κ1) is 30.1.